The lowest BCUT2D eigenvalue weighted by atomic mass is 9.95. The first-order chi connectivity index (χ1) is 14.5. The largest absolute Gasteiger partial charge is 0.377 e. The van der Waals surface area contributed by atoms with Crippen molar-refractivity contribution in [2.45, 2.75) is 18.7 Å². The number of nitrogens with zero attached hydrogens (tertiary/aromatic N) is 1. The number of anilines is 3. The minimum Gasteiger partial charge on any atom is -0.377 e. The number of hydrogen-bond acceptors (Lipinski definition) is 4. The van der Waals surface area contributed by atoms with E-state index in [0.29, 0.717) is 16.8 Å². The maximum Gasteiger partial charge on any atom is 0.262 e. The summed E-state index contributed by atoms with van der Waals surface area (Å²) in [7, 11) is -0.0307. The zero-order valence-electron chi connectivity index (χ0n) is 17.9. The first-order valence-electron chi connectivity index (χ1n) is 9.74. The maximum atomic E-state index is 13.2. The van der Waals surface area contributed by atoms with Crippen LogP contribution in [0, 0.1) is 5.41 Å². The normalized spacial score (nSPS) is 11.9. The number of fused-ring (bicyclic) bond motifs is 1. The fourth-order valence-corrected chi connectivity index (χ4v) is 4.51. The van der Waals surface area contributed by atoms with E-state index >= 15 is 0 Å². The van der Waals surface area contributed by atoms with Gasteiger partial charge in [-0.15, -0.1) is 11.6 Å². The van der Waals surface area contributed by atoms with Crippen molar-refractivity contribution >= 4 is 55.4 Å². The van der Waals surface area contributed by atoms with Crippen LogP contribution in [-0.2, 0) is 14.8 Å². The molecule has 164 valence electrons. The fraction of sp³-hybridized carbons (Fsp3) is 0.261. The van der Waals surface area contributed by atoms with Crippen molar-refractivity contribution in [1.82, 2.24) is 0 Å². The molecule has 3 aromatic carbocycles. The van der Waals surface area contributed by atoms with Gasteiger partial charge in [0.05, 0.1) is 16.0 Å². The molecule has 6 nitrogen and oxygen atoms in total. The van der Waals surface area contributed by atoms with E-state index in [1.807, 2.05) is 37.2 Å². The van der Waals surface area contributed by atoms with Crippen LogP contribution in [-0.4, -0.2) is 34.3 Å². The molecule has 0 heterocycles. The van der Waals surface area contributed by atoms with E-state index in [1.165, 1.54) is 0 Å². The lowest BCUT2D eigenvalue weighted by Crippen LogP contribution is -2.32. The van der Waals surface area contributed by atoms with Gasteiger partial charge in [-0.05, 0) is 44.2 Å². The Labute approximate surface area is 188 Å². The second-order valence-corrected chi connectivity index (χ2v) is 10.1. The number of hydrogen-bond donors (Lipinski definition) is 2. The standard InChI is InChI=1S/C23H26ClN3O3S/c1-23(2,15-24)22(28)25-16-8-5-9-17(14-16)26-31(29,30)21-13-7-10-18-19(21)11-6-12-20(18)27(3)4/h5-14,26H,15H2,1-4H3,(H,25,28). The highest BCUT2D eigenvalue weighted by Gasteiger charge is 2.26. The van der Waals surface area contributed by atoms with Gasteiger partial charge >= 0.3 is 0 Å². The Hall–Kier alpha value is -2.77. The van der Waals surface area contributed by atoms with Crippen molar-refractivity contribution in [2.24, 2.45) is 5.41 Å². The van der Waals surface area contributed by atoms with Gasteiger partial charge in [-0.1, -0.05) is 30.3 Å². The Morgan fingerprint density at radius 3 is 2.26 bits per heavy atom. The Morgan fingerprint density at radius 1 is 0.968 bits per heavy atom. The molecule has 0 fully saturated rings. The molecule has 0 aromatic heterocycles. The molecule has 8 heteroatoms. The van der Waals surface area contributed by atoms with E-state index < -0.39 is 15.4 Å². The van der Waals surface area contributed by atoms with Crippen LogP contribution in [0.2, 0.25) is 0 Å². The Balaban J connectivity index is 1.94. The average molecular weight is 460 g/mol. The van der Waals surface area contributed by atoms with Gasteiger partial charge in [-0.2, -0.15) is 0 Å². The van der Waals surface area contributed by atoms with Gasteiger partial charge < -0.3 is 10.2 Å². The summed E-state index contributed by atoms with van der Waals surface area (Å²) in [5, 5.41) is 4.27. The van der Waals surface area contributed by atoms with Crippen LogP contribution in [0.15, 0.2) is 65.6 Å². The maximum absolute atomic E-state index is 13.2. The van der Waals surface area contributed by atoms with Gasteiger partial charge in [0.2, 0.25) is 5.91 Å². The Bertz CT molecular complexity index is 1220. The van der Waals surface area contributed by atoms with Crippen LogP contribution in [0.3, 0.4) is 0 Å². The summed E-state index contributed by atoms with van der Waals surface area (Å²) in [4.78, 5) is 14.5. The number of carbonyl (C=O) groups is 1. The summed E-state index contributed by atoms with van der Waals surface area (Å²) >= 11 is 5.86. The fourth-order valence-electron chi connectivity index (χ4n) is 3.12. The van der Waals surface area contributed by atoms with Crippen molar-refractivity contribution in [3.05, 3.63) is 60.7 Å². The number of halogens is 1. The van der Waals surface area contributed by atoms with E-state index in [4.69, 9.17) is 11.6 Å². The second kappa shape index (κ2) is 8.77. The van der Waals surface area contributed by atoms with Crippen LogP contribution in [0.1, 0.15) is 13.8 Å². The number of rotatable bonds is 7. The number of sulfonamides is 1. The predicted molar refractivity (Wildman–Crippen MR) is 129 cm³/mol. The molecule has 0 saturated carbocycles. The molecule has 31 heavy (non-hydrogen) atoms. The van der Waals surface area contributed by atoms with E-state index in [-0.39, 0.29) is 16.7 Å². The quantitative estimate of drug-likeness (QED) is 0.492. The first kappa shape index (κ1) is 22.9. The predicted octanol–water partition coefficient (Wildman–Crippen LogP) is 4.91. The third kappa shape index (κ3) is 4.94. The van der Waals surface area contributed by atoms with Crippen LogP contribution < -0.4 is 14.9 Å². The number of nitrogens with one attached hydrogen (secondary N) is 2. The van der Waals surface area contributed by atoms with Gasteiger partial charge in [-0.3, -0.25) is 9.52 Å². The molecule has 3 rings (SSSR count). The molecular weight excluding hydrogens is 434 g/mol. The molecule has 0 aliphatic rings. The molecular formula is C23H26ClN3O3S. The number of alkyl halides is 1. The van der Waals surface area contributed by atoms with E-state index in [1.54, 1.807) is 56.3 Å². The highest BCUT2D eigenvalue weighted by Crippen LogP contribution is 2.31. The SMILES string of the molecule is CN(C)c1cccc2c(S(=O)(=O)Nc3cccc(NC(=O)C(C)(C)CCl)c3)cccc12. The monoisotopic (exact) mass is 459 g/mol. The summed E-state index contributed by atoms with van der Waals surface area (Å²) in [6.07, 6.45) is 0. The Kier molecular flexibility index (Phi) is 6.48. The third-order valence-electron chi connectivity index (χ3n) is 4.95. The third-order valence-corrected chi connectivity index (χ3v) is 7.06. The average Bonchev–Trinajstić information content (AvgIpc) is 2.72. The molecule has 0 saturated heterocycles. The highest BCUT2D eigenvalue weighted by atomic mass is 35.5. The Morgan fingerprint density at radius 2 is 1.58 bits per heavy atom. The molecule has 0 aliphatic heterocycles. The van der Waals surface area contributed by atoms with Crippen LogP contribution in [0.5, 0.6) is 0 Å². The topological polar surface area (TPSA) is 78.5 Å². The smallest absolute Gasteiger partial charge is 0.262 e. The minimum atomic E-state index is -3.86. The number of carbonyl (C=O) groups excluding carboxylic acids is 1. The van der Waals surface area contributed by atoms with Gasteiger partial charge in [0.15, 0.2) is 0 Å². The number of amides is 1. The van der Waals surface area contributed by atoms with Crippen molar-refractivity contribution in [1.29, 1.82) is 0 Å². The molecule has 0 bridgehead atoms. The second-order valence-electron chi connectivity index (χ2n) is 8.18. The van der Waals surface area contributed by atoms with Gasteiger partial charge in [0.1, 0.15) is 0 Å². The van der Waals surface area contributed by atoms with Crippen molar-refractivity contribution in [2.75, 3.05) is 34.9 Å². The minimum absolute atomic E-state index is 0.168. The first-order valence-corrected chi connectivity index (χ1v) is 11.8. The molecule has 0 radical (unpaired) electrons. The van der Waals surface area contributed by atoms with Crippen molar-refractivity contribution in [3.63, 3.8) is 0 Å². The van der Waals surface area contributed by atoms with E-state index in [9.17, 15) is 13.2 Å². The van der Waals surface area contributed by atoms with Gasteiger partial charge in [0, 0.05) is 42.1 Å². The van der Waals surface area contributed by atoms with Gasteiger partial charge in [-0.25, -0.2) is 8.42 Å². The van der Waals surface area contributed by atoms with Crippen LogP contribution in [0.25, 0.3) is 10.8 Å². The van der Waals surface area contributed by atoms with Gasteiger partial charge in [0.25, 0.3) is 10.0 Å². The molecule has 0 unspecified atom stereocenters. The summed E-state index contributed by atoms with van der Waals surface area (Å²) in [6, 6.07) is 17.4. The summed E-state index contributed by atoms with van der Waals surface area (Å²) in [5.74, 6) is -0.0750. The summed E-state index contributed by atoms with van der Waals surface area (Å²) in [6.45, 7) is 3.48. The van der Waals surface area contributed by atoms with Crippen LogP contribution in [0.4, 0.5) is 17.1 Å². The van der Waals surface area contributed by atoms with E-state index in [2.05, 4.69) is 10.0 Å². The zero-order chi connectivity index (χ0) is 22.8. The molecule has 2 N–H and O–H groups in total. The summed E-state index contributed by atoms with van der Waals surface area (Å²) < 4.78 is 29.0. The summed E-state index contributed by atoms with van der Waals surface area (Å²) in [5.41, 5.74) is 1.02. The number of benzene rings is 3. The highest BCUT2D eigenvalue weighted by molar-refractivity contribution is 7.93. The molecule has 0 aliphatic carbocycles. The molecule has 0 atom stereocenters. The molecule has 1 amide bonds. The zero-order valence-corrected chi connectivity index (χ0v) is 19.5. The lowest BCUT2D eigenvalue weighted by Gasteiger charge is -2.20. The van der Waals surface area contributed by atoms with Crippen molar-refractivity contribution < 1.29 is 13.2 Å². The van der Waals surface area contributed by atoms with Crippen molar-refractivity contribution in [3.8, 4) is 0 Å². The van der Waals surface area contributed by atoms with E-state index in [0.717, 1.165) is 11.1 Å². The van der Waals surface area contributed by atoms with Crippen LogP contribution >= 0.6 is 11.6 Å². The lowest BCUT2D eigenvalue weighted by molar-refractivity contribution is -0.122. The molecule has 0 spiro atoms. The molecule has 3 aromatic rings.